The van der Waals surface area contributed by atoms with Crippen molar-refractivity contribution in [1.82, 2.24) is 15.2 Å². The molecule has 3 N–H and O–H groups in total. The molecule has 0 bridgehead atoms. The first-order chi connectivity index (χ1) is 14.7. The molecule has 0 spiro atoms. The molecule has 0 saturated carbocycles. The summed E-state index contributed by atoms with van der Waals surface area (Å²) in [5.41, 5.74) is 0.906. The zero-order valence-electron chi connectivity index (χ0n) is 16.8. The number of aromatic nitrogens is 1. The summed E-state index contributed by atoms with van der Waals surface area (Å²) < 4.78 is 13.1. The van der Waals surface area contributed by atoms with Crippen LogP contribution < -0.4 is 5.32 Å². The van der Waals surface area contributed by atoms with Gasteiger partial charge in [0.1, 0.15) is 16.9 Å². The number of phenols is 1. The summed E-state index contributed by atoms with van der Waals surface area (Å²) >= 11 is 0. The number of hydrogen-bond acceptors (Lipinski definition) is 5. The Morgan fingerprint density at radius 1 is 1.06 bits per heavy atom. The Balaban J connectivity index is 2.05. The lowest BCUT2D eigenvalue weighted by molar-refractivity contribution is -0.127. The minimum Gasteiger partial charge on any atom is -0.505 e. The first-order valence-corrected chi connectivity index (χ1v) is 9.28. The SMILES string of the molecule is CN(C)C(=O)CNC(=O)c1cc(C(=O)O)c(O)c2ncc(Cc3ccc(F)cc3)cc12. The van der Waals surface area contributed by atoms with E-state index in [1.165, 1.54) is 23.2 Å². The van der Waals surface area contributed by atoms with E-state index in [1.54, 1.807) is 32.3 Å². The molecular formula is C22H20FN3O5. The number of hydrogen-bond donors (Lipinski definition) is 3. The molecule has 1 aromatic heterocycles. The van der Waals surface area contributed by atoms with Gasteiger partial charge in [-0.3, -0.25) is 14.6 Å². The fraction of sp³-hybridized carbons (Fsp3) is 0.182. The van der Waals surface area contributed by atoms with Crippen LogP contribution in [0, 0.1) is 5.82 Å². The first-order valence-electron chi connectivity index (χ1n) is 9.28. The molecule has 0 atom stereocenters. The molecule has 0 unspecified atom stereocenters. The Morgan fingerprint density at radius 2 is 1.74 bits per heavy atom. The Hall–Kier alpha value is -4.01. The quantitative estimate of drug-likeness (QED) is 0.557. The second-order valence-electron chi connectivity index (χ2n) is 7.14. The Labute approximate surface area is 176 Å². The summed E-state index contributed by atoms with van der Waals surface area (Å²) in [6, 6.07) is 8.55. The van der Waals surface area contributed by atoms with E-state index in [0.29, 0.717) is 12.0 Å². The van der Waals surface area contributed by atoms with E-state index < -0.39 is 23.2 Å². The van der Waals surface area contributed by atoms with Crippen LogP contribution in [0.4, 0.5) is 4.39 Å². The molecule has 0 aliphatic heterocycles. The maximum Gasteiger partial charge on any atom is 0.339 e. The molecule has 0 saturated heterocycles. The van der Waals surface area contributed by atoms with Crippen molar-refractivity contribution in [2.24, 2.45) is 0 Å². The number of rotatable bonds is 6. The van der Waals surface area contributed by atoms with Crippen molar-refractivity contribution < 1.29 is 29.0 Å². The minimum absolute atomic E-state index is 0.0368. The molecule has 1 heterocycles. The molecular weight excluding hydrogens is 405 g/mol. The van der Waals surface area contributed by atoms with Crippen molar-refractivity contribution in [1.29, 1.82) is 0 Å². The van der Waals surface area contributed by atoms with Gasteiger partial charge in [0, 0.05) is 31.2 Å². The van der Waals surface area contributed by atoms with E-state index in [4.69, 9.17) is 0 Å². The lowest BCUT2D eigenvalue weighted by atomic mass is 9.99. The van der Waals surface area contributed by atoms with Gasteiger partial charge in [-0.2, -0.15) is 0 Å². The van der Waals surface area contributed by atoms with Crippen molar-refractivity contribution in [3.63, 3.8) is 0 Å². The molecule has 0 radical (unpaired) electrons. The lowest BCUT2D eigenvalue weighted by Crippen LogP contribution is -2.36. The number of nitrogens with one attached hydrogen (secondary N) is 1. The van der Waals surface area contributed by atoms with Crippen LogP contribution in [0.5, 0.6) is 5.75 Å². The van der Waals surface area contributed by atoms with Crippen LogP contribution in [0.2, 0.25) is 0 Å². The summed E-state index contributed by atoms with van der Waals surface area (Å²) in [5, 5.41) is 22.4. The van der Waals surface area contributed by atoms with Crippen LogP contribution in [0.25, 0.3) is 10.9 Å². The van der Waals surface area contributed by atoms with Gasteiger partial charge in [-0.05, 0) is 41.8 Å². The van der Waals surface area contributed by atoms with Gasteiger partial charge in [-0.25, -0.2) is 9.18 Å². The van der Waals surface area contributed by atoms with E-state index in [0.717, 1.165) is 11.6 Å². The van der Waals surface area contributed by atoms with E-state index in [2.05, 4.69) is 10.3 Å². The molecule has 160 valence electrons. The molecule has 2 aromatic carbocycles. The standard InChI is InChI=1S/C22H20FN3O5/c1-26(2)18(27)11-25-21(29)16-9-17(22(30)31)20(28)19-15(16)8-13(10-24-19)7-12-3-5-14(23)6-4-12/h3-6,8-10,28H,7,11H2,1-2H3,(H,25,29)(H,30,31). The summed E-state index contributed by atoms with van der Waals surface area (Å²) in [7, 11) is 3.08. The number of pyridine rings is 1. The Bertz CT molecular complexity index is 1180. The number of fused-ring (bicyclic) bond motifs is 1. The van der Waals surface area contributed by atoms with Gasteiger partial charge in [0.2, 0.25) is 5.91 Å². The zero-order valence-corrected chi connectivity index (χ0v) is 16.8. The number of carbonyl (C=O) groups is 3. The third kappa shape index (κ3) is 4.77. The number of amides is 2. The number of likely N-dealkylation sites (N-methyl/N-ethyl adjacent to an activating group) is 1. The van der Waals surface area contributed by atoms with Gasteiger partial charge in [0.05, 0.1) is 6.54 Å². The number of aromatic hydroxyl groups is 1. The Kier molecular flexibility index (Phi) is 6.15. The van der Waals surface area contributed by atoms with Crippen molar-refractivity contribution in [2.45, 2.75) is 6.42 Å². The molecule has 8 nitrogen and oxygen atoms in total. The number of carboxylic acids is 1. The summed E-state index contributed by atoms with van der Waals surface area (Å²) in [6.45, 7) is -0.278. The molecule has 3 aromatic rings. The van der Waals surface area contributed by atoms with Gasteiger partial charge in [0.25, 0.3) is 5.91 Å². The van der Waals surface area contributed by atoms with Gasteiger partial charge >= 0.3 is 5.97 Å². The van der Waals surface area contributed by atoms with Crippen molar-refractivity contribution in [3.8, 4) is 5.75 Å². The predicted molar refractivity (Wildman–Crippen MR) is 111 cm³/mol. The third-order valence-corrected chi connectivity index (χ3v) is 4.70. The molecule has 2 amide bonds. The van der Waals surface area contributed by atoms with Crippen LogP contribution in [0.15, 0.2) is 42.6 Å². The van der Waals surface area contributed by atoms with Gasteiger partial charge in [0.15, 0.2) is 5.75 Å². The van der Waals surface area contributed by atoms with Crippen molar-refractivity contribution in [3.05, 3.63) is 70.7 Å². The highest BCUT2D eigenvalue weighted by Gasteiger charge is 2.22. The fourth-order valence-electron chi connectivity index (χ4n) is 3.01. The number of nitrogens with zero attached hydrogens (tertiary/aromatic N) is 2. The van der Waals surface area contributed by atoms with Crippen LogP contribution in [-0.4, -0.2) is 58.5 Å². The second kappa shape index (κ2) is 8.78. The van der Waals surface area contributed by atoms with E-state index in [9.17, 15) is 29.0 Å². The third-order valence-electron chi connectivity index (χ3n) is 4.70. The number of aromatic carboxylic acids is 1. The molecule has 0 fully saturated rings. The van der Waals surface area contributed by atoms with Gasteiger partial charge in [-0.15, -0.1) is 0 Å². The highest BCUT2D eigenvalue weighted by Crippen LogP contribution is 2.31. The normalized spacial score (nSPS) is 10.7. The lowest BCUT2D eigenvalue weighted by Gasteiger charge is -2.14. The largest absolute Gasteiger partial charge is 0.505 e. The number of halogens is 1. The molecule has 9 heteroatoms. The van der Waals surface area contributed by atoms with Crippen molar-refractivity contribution >= 4 is 28.7 Å². The predicted octanol–water partition coefficient (Wildman–Crippen LogP) is 2.19. The molecule has 31 heavy (non-hydrogen) atoms. The minimum atomic E-state index is -1.42. The van der Waals surface area contributed by atoms with E-state index in [-0.39, 0.29) is 34.7 Å². The number of carboxylic acid groups (broad SMARTS) is 1. The fourth-order valence-corrected chi connectivity index (χ4v) is 3.01. The average Bonchev–Trinajstić information content (AvgIpc) is 2.73. The number of carbonyl (C=O) groups excluding carboxylic acids is 2. The van der Waals surface area contributed by atoms with Gasteiger partial charge in [-0.1, -0.05) is 12.1 Å². The van der Waals surface area contributed by atoms with Crippen LogP contribution >= 0.6 is 0 Å². The van der Waals surface area contributed by atoms with Crippen LogP contribution in [-0.2, 0) is 11.2 Å². The summed E-state index contributed by atoms with van der Waals surface area (Å²) in [4.78, 5) is 41.5. The molecule has 0 aliphatic rings. The highest BCUT2D eigenvalue weighted by molar-refractivity contribution is 6.12. The number of benzene rings is 2. The Morgan fingerprint density at radius 3 is 2.35 bits per heavy atom. The van der Waals surface area contributed by atoms with E-state index in [1.807, 2.05) is 0 Å². The van der Waals surface area contributed by atoms with E-state index >= 15 is 0 Å². The van der Waals surface area contributed by atoms with Crippen molar-refractivity contribution in [2.75, 3.05) is 20.6 Å². The smallest absolute Gasteiger partial charge is 0.339 e. The maximum atomic E-state index is 13.1. The summed E-state index contributed by atoms with van der Waals surface area (Å²) in [6.07, 6.45) is 1.83. The molecule has 0 aliphatic carbocycles. The first kappa shape index (κ1) is 21.7. The van der Waals surface area contributed by atoms with Crippen LogP contribution in [0.3, 0.4) is 0 Å². The highest BCUT2D eigenvalue weighted by atomic mass is 19.1. The second-order valence-corrected chi connectivity index (χ2v) is 7.14. The van der Waals surface area contributed by atoms with Gasteiger partial charge < -0.3 is 20.4 Å². The average molecular weight is 425 g/mol. The zero-order chi connectivity index (χ0) is 22.7. The van der Waals surface area contributed by atoms with Crippen LogP contribution in [0.1, 0.15) is 31.8 Å². The monoisotopic (exact) mass is 425 g/mol. The maximum absolute atomic E-state index is 13.1. The molecule has 3 rings (SSSR count). The summed E-state index contributed by atoms with van der Waals surface area (Å²) in [5.74, 6) is -3.36. The topological polar surface area (TPSA) is 120 Å².